The van der Waals surface area contributed by atoms with Crippen LogP contribution in [0.2, 0.25) is 13.1 Å². The maximum Gasteiger partial charge on any atom is 0.225 e. The van der Waals surface area contributed by atoms with E-state index in [1.807, 2.05) is 13.0 Å². The van der Waals surface area contributed by atoms with Gasteiger partial charge in [0, 0.05) is 18.1 Å². The van der Waals surface area contributed by atoms with Crippen molar-refractivity contribution in [1.82, 2.24) is 5.32 Å². The Hall–Kier alpha value is -1.46. The molecule has 1 aliphatic carbocycles. The lowest BCUT2D eigenvalue weighted by Crippen LogP contribution is -2.67. The van der Waals surface area contributed by atoms with Crippen LogP contribution in [0.4, 0.5) is 0 Å². The molecule has 153 valence electrons. The molecule has 4 nitrogen and oxygen atoms in total. The Morgan fingerprint density at radius 3 is 2.46 bits per heavy atom. The number of aryl methyl sites for hydroxylation is 2. The zero-order chi connectivity index (χ0) is 20.8. The van der Waals surface area contributed by atoms with Crippen LogP contribution in [0.25, 0.3) is 0 Å². The number of nitrogens with one attached hydrogen (secondary N) is 1. The summed E-state index contributed by atoms with van der Waals surface area (Å²) in [6.07, 6.45) is 1.72. The van der Waals surface area contributed by atoms with Gasteiger partial charge in [0.2, 0.25) is 14.9 Å². The van der Waals surface area contributed by atoms with Gasteiger partial charge in [0.15, 0.2) is 5.78 Å². The predicted octanol–water partition coefficient (Wildman–Crippen LogP) is 4.09. The second-order valence-electron chi connectivity index (χ2n) is 9.87. The van der Waals surface area contributed by atoms with Crippen molar-refractivity contribution in [3.05, 3.63) is 34.4 Å². The van der Waals surface area contributed by atoms with E-state index in [4.69, 9.17) is 4.43 Å². The van der Waals surface area contributed by atoms with Crippen molar-refractivity contribution in [2.45, 2.75) is 66.6 Å². The summed E-state index contributed by atoms with van der Waals surface area (Å²) in [5, 5.41) is 3.09. The van der Waals surface area contributed by atoms with Crippen LogP contribution < -0.4 is 5.32 Å². The van der Waals surface area contributed by atoms with Gasteiger partial charge in [0.25, 0.3) is 0 Å². The minimum absolute atomic E-state index is 0.0548. The first-order valence-electron chi connectivity index (χ1n) is 10.4. The van der Waals surface area contributed by atoms with Gasteiger partial charge in [-0.15, -0.1) is 0 Å². The summed E-state index contributed by atoms with van der Waals surface area (Å²) in [4.78, 5) is 26.0. The van der Waals surface area contributed by atoms with E-state index in [2.05, 4.69) is 52.2 Å². The first kappa shape index (κ1) is 21.3. The Morgan fingerprint density at radius 2 is 1.89 bits per heavy atom. The highest BCUT2D eigenvalue weighted by Gasteiger charge is 2.53. The predicted molar refractivity (Wildman–Crippen MR) is 114 cm³/mol. The van der Waals surface area contributed by atoms with E-state index in [0.717, 1.165) is 24.0 Å². The second-order valence-corrected chi connectivity index (χ2v) is 12.0. The molecule has 1 amide bonds. The highest BCUT2D eigenvalue weighted by molar-refractivity contribution is 6.48. The van der Waals surface area contributed by atoms with Gasteiger partial charge in [-0.1, -0.05) is 32.4 Å². The maximum absolute atomic E-state index is 13.4. The van der Waals surface area contributed by atoms with Crippen molar-refractivity contribution < 1.29 is 14.0 Å². The van der Waals surface area contributed by atoms with E-state index in [0.29, 0.717) is 6.61 Å². The molecule has 0 spiro atoms. The van der Waals surface area contributed by atoms with Gasteiger partial charge in [0.05, 0.1) is 12.0 Å². The normalized spacial score (nSPS) is 25.9. The van der Waals surface area contributed by atoms with Crippen molar-refractivity contribution in [3.63, 3.8) is 0 Å². The molecular formula is C23H34NO3Si. The number of hydrogen-bond donors (Lipinski definition) is 1. The molecule has 1 aliphatic heterocycles. The molecule has 0 unspecified atom stereocenters. The molecule has 0 saturated carbocycles. The highest BCUT2D eigenvalue weighted by atomic mass is 28.3. The maximum atomic E-state index is 13.4. The first-order valence-corrected chi connectivity index (χ1v) is 12.8. The number of hydrogen-bond acceptors (Lipinski definition) is 3. The topological polar surface area (TPSA) is 55.4 Å². The molecule has 1 heterocycles. The van der Waals surface area contributed by atoms with E-state index < -0.39 is 9.04 Å². The molecule has 0 bridgehead atoms. The Morgan fingerprint density at radius 1 is 1.21 bits per heavy atom. The van der Waals surface area contributed by atoms with Crippen LogP contribution in [-0.4, -0.2) is 33.4 Å². The minimum Gasteiger partial charge on any atom is -0.417 e. The van der Waals surface area contributed by atoms with E-state index >= 15 is 0 Å². The monoisotopic (exact) mass is 400 g/mol. The van der Waals surface area contributed by atoms with E-state index in [1.165, 1.54) is 11.1 Å². The van der Waals surface area contributed by atoms with Crippen LogP contribution in [0.3, 0.4) is 0 Å². The van der Waals surface area contributed by atoms with Crippen LogP contribution in [-0.2, 0) is 15.6 Å². The number of ketones is 1. The third kappa shape index (κ3) is 3.97. The third-order valence-corrected chi connectivity index (χ3v) is 7.20. The van der Waals surface area contributed by atoms with Gasteiger partial charge in [-0.2, -0.15) is 0 Å². The molecule has 28 heavy (non-hydrogen) atoms. The van der Waals surface area contributed by atoms with Gasteiger partial charge in [-0.25, -0.2) is 0 Å². The molecule has 1 aromatic carbocycles. The van der Waals surface area contributed by atoms with Crippen LogP contribution in [0, 0.1) is 37.0 Å². The molecule has 2 aliphatic rings. The summed E-state index contributed by atoms with van der Waals surface area (Å²) in [5.74, 6) is 0.109. The van der Waals surface area contributed by atoms with Crippen LogP contribution >= 0.6 is 0 Å². The number of amides is 1. The second kappa shape index (κ2) is 7.75. The molecule has 4 atom stereocenters. The number of Topliss-reactive ketones (excluding diaryl/α,β-unsaturated/α-hetero) is 1. The van der Waals surface area contributed by atoms with Crippen LogP contribution in [0.15, 0.2) is 12.1 Å². The largest absolute Gasteiger partial charge is 0.417 e. The fraction of sp³-hybridized carbons (Fsp3) is 0.652. The quantitative estimate of drug-likeness (QED) is 0.598. The zero-order valence-corrected chi connectivity index (χ0v) is 19.3. The lowest BCUT2D eigenvalue weighted by molar-refractivity contribution is -0.143. The molecule has 1 saturated heterocycles. The Bertz CT molecular complexity index is 781. The number of rotatable bonds is 5. The standard InChI is InChI=1S/C23H34NO3Si/c1-13-10-14(2)15-8-9-16(21(25)17(15)11-13)20-19(22(26)24-20)18(23(3,4)5)12-27-28(6)7/h10-11,16,18-20H,8-9,12H2,1-7H3,(H,24,26)/t16-,18-,19+,20-/m1/s1. The van der Waals surface area contributed by atoms with Crippen molar-refractivity contribution in [3.8, 4) is 0 Å². The number of carbonyl (C=O) groups excluding carboxylic acids is 2. The molecule has 3 rings (SSSR count). The summed E-state index contributed by atoms with van der Waals surface area (Å²) in [6, 6.07) is 4.10. The average molecular weight is 401 g/mol. The van der Waals surface area contributed by atoms with Crippen molar-refractivity contribution >= 4 is 20.7 Å². The molecule has 5 heteroatoms. The fourth-order valence-electron chi connectivity index (χ4n) is 4.87. The molecule has 1 aromatic rings. The number of benzene rings is 1. The van der Waals surface area contributed by atoms with Crippen molar-refractivity contribution in [1.29, 1.82) is 0 Å². The van der Waals surface area contributed by atoms with E-state index in [1.54, 1.807) is 0 Å². The van der Waals surface area contributed by atoms with E-state index in [-0.39, 0.29) is 40.9 Å². The van der Waals surface area contributed by atoms with Gasteiger partial charge in [-0.3, -0.25) is 9.59 Å². The van der Waals surface area contributed by atoms with Crippen molar-refractivity contribution in [2.75, 3.05) is 6.61 Å². The highest BCUT2D eigenvalue weighted by Crippen LogP contribution is 2.43. The first-order chi connectivity index (χ1) is 13.0. The average Bonchev–Trinajstić information content (AvgIpc) is 2.56. The smallest absolute Gasteiger partial charge is 0.225 e. The van der Waals surface area contributed by atoms with Crippen LogP contribution in [0.5, 0.6) is 0 Å². The van der Waals surface area contributed by atoms with Crippen LogP contribution in [0.1, 0.15) is 54.2 Å². The summed E-state index contributed by atoms with van der Waals surface area (Å²) in [7, 11) is -0.823. The summed E-state index contributed by atoms with van der Waals surface area (Å²) >= 11 is 0. The summed E-state index contributed by atoms with van der Waals surface area (Å²) < 4.78 is 6.02. The Kier molecular flexibility index (Phi) is 5.88. The van der Waals surface area contributed by atoms with Crippen molar-refractivity contribution in [2.24, 2.45) is 23.2 Å². The molecular weight excluding hydrogens is 366 g/mol. The Balaban J connectivity index is 1.86. The summed E-state index contributed by atoms with van der Waals surface area (Å²) in [6.45, 7) is 15.5. The third-order valence-electron chi connectivity index (χ3n) is 6.45. The number of fused-ring (bicyclic) bond motifs is 1. The molecule has 0 aromatic heterocycles. The van der Waals surface area contributed by atoms with Gasteiger partial charge in [0.1, 0.15) is 0 Å². The summed E-state index contributed by atoms with van der Waals surface area (Å²) in [5.41, 5.74) is 4.33. The molecule has 1 fully saturated rings. The van der Waals surface area contributed by atoms with Gasteiger partial charge < -0.3 is 9.74 Å². The number of carbonyl (C=O) groups is 2. The van der Waals surface area contributed by atoms with Gasteiger partial charge in [-0.05, 0) is 68.3 Å². The van der Waals surface area contributed by atoms with E-state index in [9.17, 15) is 9.59 Å². The Labute approximate surface area is 171 Å². The lowest BCUT2D eigenvalue weighted by Gasteiger charge is -2.49. The number of β-lactam (4-membered cyclic amide) rings is 1. The molecule has 1 radical (unpaired) electrons. The lowest BCUT2D eigenvalue weighted by atomic mass is 9.62. The zero-order valence-electron chi connectivity index (χ0n) is 18.3. The fourth-order valence-corrected chi connectivity index (χ4v) is 5.39. The SMILES string of the molecule is Cc1cc(C)c2c(c1)C(=O)[C@@H]([C@H]1NC(=O)[C@H]1[C@@H](CO[Si](C)C)C(C)(C)C)CC2. The van der Waals surface area contributed by atoms with Gasteiger partial charge >= 0.3 is 0 Å². The minimum atomic E-state index is -0.823. The molecule has 1 N–H and O–H groups in total.